The Morgan fingerprint density at radius 1 is 1.26 bits per heavy atom. The lowest BCUT2D eigenvalue weighted by Gasteiger charge is -2.24. The van der Waals surface area contributed by atoms with Gasteiger partial charge in [-0.05, 0) is 24.3 Å². The summed E-state index contributed by atoms with van der Waals surface area (Å²) in [6.07, 6.45) is 3.55. The SMILES string of the molecule is c1ccc([C@@H]2N=C3SCCN3[C@@H]2c2ccco2)nc1. The van der Waals surface area contributed by atoms with E-state index in [4.69, 9.17) is 9.41 Å². The number of aliphatic imine (C=N–C) groups is 1. The Hall–Kier alpha value is -1.75. The van der Waals surface area contributed by atoms with Crippen LogP contribution in [0.2, 0.25) is 0 Å². The van der Waals surface area contributed by atoms with Crippen LogP contribution in [-0.4, -0.2) is 27.3 Å². The van der Waals surface area contributed by atoms with Crippen molar-refractivity contribution in [2.24, 2.45) is 4.99 Å². The fourth-order valence-electron chi connectivity index (χ4n) is 2.69. The third kappa shape index (κ3) is 1.76. The number of pyridine rings is 1. The van der Waals surface area contributed by atoms with Crippen molar-refractivity contribution in [3.8, 4) is 0 Å². The van der Waals surface area contributed by atoms with Crippen molar-refractivity contribution in [3.05, 3.63) is 54.2 Å². The van der Waals surface area contributed by atoms with Crippen LogP contribution in [0.3, 0.4) is 0 Å². The minimum Gasteiger partial charge on any atom is -0.467 e. The summed E-state index contributed by atoms with van der Waals surface area (Å²) in [5.41, 5.74) is 1.01. The molecule has 2 atom stereocenters. The molecule has 2 aromatic rings. The summed E-state index contributed by atoms with van der Waals surface area (Å²) in [6.45, 7) is 1.03. The number of rotatable bonds is 2. The van der Waals surface area contributed by atoms with E-state index in [0.717, 1.165) is 28.9 Å². The Kier molecular flexibility index (Phi) is 2.58. The van der Waals surface area contributed by atoms with Gasteiger partial charge in [-0.1, -0.05) is 17.8 Å². The van der Waals surface area contributed by atoms with E-state index in [-0.39, 0.29) is 12.1 Å². The molecule has 0 saturated carbocycles. The van der Waals surface area contributed by atoms with E-state index < -0.39 is 0 Å². The first kappa shape index (κ1) is 11.1. The molecular weight excluding hydrogens is 258 g/mol. The lowest BCUT2D eigenvalue weighted by molar-refractivity contribution is 0.282. The van der Waals surface area contributed by atoms with Crippen LogP contribution in [-0.2, 0) is 0 Å². The van der Waals surface area contributed by atoms with Crippen molar-refractivity contribution in [2.45, 2.75) is 12.1 Å². The largest absolute Gasteiger partial charge is 0.467 e. The number of hydrogen-bond donors (Lipinski definition) is 0. The molecule has 0 spiro atoms. The summed E-state index contributed by atoms with van der Waals surface area (Å²) in [5.74, 6) is 2.07. The molecule has 0 radical (unpaired) electrons. The van der Waals surface area contributed by atoms with Crippen molar-refractivity contribution in [1.29, 1.82) is 0 Å². The molecular formula is C14H13N3OS. The molecule has 2 aliphatic rings. The number of nitrogens with zero attached hydrogens (tertiary/aromatic N) is 3. The molecule has 0 aromatic carbocycles. The van der Waals surface area contributed by atoms with Gasteiger partial charge in [0.05, 0.1) is 12.0 Å². The van der Waals surface area contributed by atoms with Gasteiger partial charge in [-0.3, -0.25) is 4.98 Å². The van der Waals surface area contributed by atoms with Gasteiger partial charge in [0.2, 0.25) is 0 Å². The maximum atomic E-state index is 5.63. The lowest BCUT2D eigenvalue weighted by atomic mass is 10.0. The Morgan fingerprint density at radius 3 is 3.05 bits per heavy atom. The zero-order valence-electron chi connectivity index (χ0n) is 10.3. The Bertz CT molecular complexity index is 596. The van der Waals surface area contributed by atoms with E-state index in [9.17, 15) is 0 Å². The van der Waals surface area contributed by atoms with Crippen molar-refractivity contribution < 1.29 is 4.42 Å². The van der Waals surface area contributed by atoms with Gasteiger partial charge < -0.3 is 9.32 Å². The van der Waals surface area contributed by atoms with Crippen molar-refractivity contribution >= 4 is 16.9 Å². The molecule has 1 fully saturated rings. The fourth-order valence-corrected chi connectivity index (χ4v) is 3.72. The molecule has 0 aliphatic carbocycles. The minimum absolute atomic E-state index is 0.0372. The number of hydrogen-bond acceptors (Lipinski definition) is 5. The zero-order chi connectivity index (χ0) is 12.7. The average molecular weight is 271 g/mol. The molecule has 4 rings (SSSR count). The van der Waals surface area contributed by atoms with E-state index in [1.54, 1.807) is 6.26 Å². The van der Waals surface area contributed by atoms with Crippen LogP contribution in [0.4, 0.5) is 0 Å². The summed E-state index contributed by atoms with van der Waals surface area (Å²) in [7, 11) is 0. The van der Waals surface area contributed by atoms with E-state index in [1.165, 1.54) is 0 Å². The molecule has 2 aliphatic heterocycles. The highest BCUT2D eigenvalue weighted by Gasteiger charge is 2.42. The van der Waals surface area contributed by atoms with Gasteiger partial charge in [0, 0.05) is 18.5 Å². The van der Waals surface area contributed by atoms with Crippen LogP contribution >= 0.6 is 11.8 Å². The standard InChI is InChI=1S/C14H13N3OS/c1-2-6-15-10(4-1)12-13(11-5-3-8-18-11)17-7-9-19-14(17)16-12/h1-6,8,12-13H,7,9H2/t12-,13+/m0/s1. The van der Waals surface area contributed by atoms with Gasteiger partial charge in [-0.15, -0.1) is 0 Å². The zero-order valence-corrected chi connectivity index (χ0v) is 11.1. The van der Waals surface area contributed by atoms with E-state index in [1.807, 2.05) is 48.3 Å². The van der Waals surface area contributed by atoms with Gasteiger partial charge in [-0.25, -0.2) is 4.99 Å². The predicted molar refractivity (Wildman–Crippen MR) is 75.0 cm³/mol. The summed E-state index contributed by atoms with van der Waals surface area (Å²) >= 11 is 1.82. The Morgan fingerprint density at radius 2 is 2.26 bits per heavy atom. The Balaban J connectivity index is 1.78. The van der Waals surface area contributed by atoms with Gasteiger partial charge in [0.1, 0.15) is 17.8 Å². The van der Waals surface area contributed by atoms with E-state index in [2.05, 4.69) is 9.88 Å². The highest BCUT2D eigenvalue weighted by molar-refractivity contribution is 8.14. The molecule has 0 bridgehead atoms. The minimum atomic E-state index is 0.0372. The maximum absolute atomic E-state index is 5.63. The predicted octanol–water partition coefficient (Wildman–Crippen LogP) is 2.88. The smallest absolute Gasteiger partial charge is 0.160 e. The molecule has 4 nitrogen and oxygen atoms in total. The fraction of sp³-hybridized carbons (Fsp3) is 0.286. The second kappa shape index (κ2) is 4.42. The Labute approximate surface area is 115 Å². The summed E-state index contributed by atoms with van der Waals surface area (Å²) in [4.78, 5) is 11.6. The van der Waals surface area contributed by atoms with Crippen LogP contribution in [0.5, 0.6) is 0 Å². The van der Waals surface area contributed by atoms with Crippen LogP contribution in [0.25, 0.3) is 0 Å². The summed E-state index contributed by atoms with van der Waals surface area (Å²) in [5, 5.41) is 1.12. The normalized spacial score (nSPS) is 25.5. The molecule has 4 heterocycles. The second-order valence-corrected chi connectivity index (χ2v) is 5.68. The number of furan rings is 1. The lowest BCUT2D eigenvalue weighted by Crippen LogP contribution is -2.27. The number of fused-ring (bicyclic) bond motifs is 1. The highest BCUT2D eigenvalue weighted by atomic mass is 32.2. The van der Waals surface area contributed by atoms with Crippen molar-refractivity contribution in [2.75, 3.05) is 12.3 Å². The molecule has 0 N–H and O–H groups in total. The molecule has 96 valence electrons. The second-order valence-electron chi connectivity index (χ2n) is 4.61. The summed E-state index contributed by atoms with van der Waals surface area (Å²) < 4.78 is 5.63. The highest BCUT2D eigenvalue weighted by Crippen LogP contribution is 2.45. The van der Waals surface area contributed by atoms with Gasteiger partial charge >= 0.3 is 0 Å². The molecule has 0 amide bonds. The number of aromatic nitrogens is 1. The van der Waals surface area contributed by atoms with Gasteiger partial charge in [-0.2, -0.15) is 0 Å². The molecule has 1 saturated heterocycles. The molecule has 5 heteroatoms. The number of amidine groups is 1. The molecule has 0 unspecified atom stereocenters. The topological polar surface area (TPSA) is 41.6 Å². The monoisotopic (exact) mass is 271 g/mol. The first-order chi connectivity index (χ1) is 9.43. The molecule has 19 heavy (non-hydrogen) atoms. The third-order valence-corrected chi connectivity index (χ3v) is 4.50. The quantitative estimate of drug-likeness (QED) is 0.842. The maximum Gasteiger partial charge on any atom is 0.160 e. The van der Waals surface area contributed by atoms with E-state index >= 15 is 0 Å². The van der Waals surface area contributed by atoms with Crippen LogP contribution < -0.4 is 0 Å². The molecule has 2 aromatic heterocycles. The third-order valence-electron chi connectivity index (χ3n) is 3.52. The summed E-state index contributed by atoms with van der Waals surface area (Å²) in [6, 6.07) is 10.1. The number of thioether (sulfide) groups is 1. The van der Waals surface area contributed by atoms with Crippen LogP contribution in [0.1, 0.15) is 23.5 Å². The average Bonchev–Trinajstić information content (AvgIpc) is 3.15. The first-order valence-corrected chi connectivity index (χ1v) is 7.33. The first-order valence-electron chi connectivity index (χ1n) is 6.35. The van der Waals surface area contributed by atoms with Gasteiger partial charge in [0.25, 0.3) is 0 Å². The van der Waals surface area contributed by atoms with Crippen LogP contribution in [0, 0.1) is 0 Å². The van der Waals surface area contributed by atoms with Crippen molar-refractivity contribution in [3.63, 3.8) is 0 Å². The van der Waals surface area contributed by atoms with Crippen molar-refractivity contribution in [1.82, 2.24) is 9.88 Å². The van der Waals surface area contributed by atoms with Crippen LogP contribution in [0.15, 0.2) is 52.2 Å². The van der Waals surface area contributed by atoms with E-state index in [0.29, 0.717) is 0 Å². The van der Waals surface area contributed by atoms with Gasteiger partial charge in [0.15, 0.2) is 5.17 Å².